The monoisotopic (exact) mass is 502 g/mol. The third-order valence-corrected chi connectivity index (χ3v) is 6.74. The maximum Gasteiger partial charge on any atom is 0.243 e. The molecule has 3 amide bonds. The molecule has 2 aromatic heterocycles. The highest BCUT2D eigenvalue weighted by Crippen LogP contribution is 2.25. The minimum Gasteiger partial charge on any atom is -0.368 e. The maximum absolute atomic E-state index is 13.6. The van der Waals surface area contributed by atoms with Crippen LogP contribution in [0.25, 0.3) is 21.8 Å². The van der Waals surface area contributed by atoms with Gasteiger partial charge in [0.15, 0.2) is 0 Å². The number of primary amides is 1. The van der Waals surface area contributed by atoms with Gasteiger partial charge in [0.1, 0.15) is 12.1 Å². The van der Waals surface area contributed by atoms with Crippen molar-refractivity contribution in [2.24, 2.45) is 11.5 Å². The Bertz CT molecular complexity index is 1480. The molecule has 0 fully saturated rings. The van der Waals surface area contributed by atoms with E-state index in [1.54, 1.807) is 13.8 Å². The lowest BCUT2D eigenvalue weighted by molar-refractivity contribution is -0.132. The normalized spacial score (nSPS) is 13.4. The van der Waals surface area contributed by atoms with E-state index in [4.69, 9.17) is 11.5 Å². The Hall–Kier alpha value is -4.11. The lowest BCUT2D eigenvalue weighted by atomic mass is 9.98. The van der Waals surface area contributed by atoms with Gasteiger partial charge >= 0.3 is 0 Å². The predicted molar refractivity (Wildman–Crippen MR) is 145 cm³/mol. The summed E-state index contributed by atoms with van der Waals surface area (Å²) in [5, 5.41) is 7.49. The molecule has 0 aliphatic carbocycles. The van der Waals surface area contributed by atoms with Crippen LogP contribution in [0.3, 0.4) is 0 Å². The van der Waals surface area contributed by atoms with Gasteiger partial charge in [0.05, 0.1) is 5.54 Å². The second kappa shape index (κ2) is 10.1. The number of para-hydroxylation sites is 2. The standard InChI is InChI=1S/C28H34N6O3/c1-15-19(17-9-5-7-11-21(17)31-15)13-23(25(29)35)33-26(36)24(34-27(37)28(3,4)30)14-20-16(2)32-22-12-8-6-10-18(20)22/h5-12,23-24,31-32H,13-14,30H2,1-4H3,(H2,29,35)(H,33,36)(H,34,37)/t23-,24-/m1/s1. The highest BCUT2D eigenvalue weighted by molar-refractivity contribution is 5.95. The SMILES string of the molecule is Cc1[nH]c2ccccc2c1C[C@@H](NC(=O)[C@@H](Cc1c(C)[nH]c2ccccc12)NC(=O)C(C)(C)N)C(N)=O. The van der Waals surface area contributed by atoms with Crippen molar-refractivity contribution in [2.45, 2.75) is 58.2 Å². The Balaban J connectivity index is 1.63. The fourth-order valence-electron chi connectivity index (χ4n) is 4.65. The summed E-state index contributed by atoms with van der Waals surface area (Å²) in [5.41, 5.74) is 16.0. The molecule has 2 aromatic carbocycles. The second-order valence-electron chi connectivity index (χ2n) is 10.2. The number of aromatic amines is 2. The molecule has 0 aliphatic heterocycles. The van der Waals surface area contributed by atoms with Crippen molar-refractivity contribution in [3.8, 4) is 0 Å². The van der Waals surface area contributed by atoms with E-state index in [2.05, 4.69) is 20.6 Å². The molecule has 9 nitrogen and oxygen atoms in total. The highest BCUT2D eigenvalue weighted by Gasteiger charge is 2.31. The first-order valence-corrected chi connectivity index (χ1v) is 12.3. The van der Waals surface area contributed by atoms with Crippen LogP contribution in [0.2, 0.25) is 0 Å². The molecule has 2 atom stereocenters. The van der Waals surface area contributed by atoms with Gasteiger partial charge in [-0.1, -0.05) is 36.4 Å². The van der Waals surface area contributed by atoms with Crippen LogP contribution in [0.5, 0.6) is 0 Å². The number of nitrogens with two attached hydrogens (primary N) is 2. The summed E-state index contributed by atoms with van der Waals surface area (Å²) >= 11 is 0. The van der Waals surface area contributed by atoms with E-state index < -0.39 is 35.3 Å². The van der Waals surface area contributed by atoms with Crippen LogP contribution in [0.15, 0.2) is 48.5 Å². The largest absolute Gasteiger partial charge is 0.368 e. The molecule has 194 valence electrons. The van der Waals surface area contributed by atoms with Gasteiger partial charge in [0.25, 0.3) is 0 Å². The molecule has 0 saturated heterocycles. The van der Waals surface area contributed by atoms with Crippen LogP contribution < -0.4 is 22.1 Å². The van der Waals surface area contributed by atoms with Crippen LogP contribution >= 0.6 is 0 Å². The zero-order chi connectivity index (χ0) is 26.9. The van der Waals surface area contributed by atoms with E-state index in [0.717, 1.165) is 44.3 Å². The lowest BCUT2D eigenvalue weighted by Crippen LogP contribution is -2.58. The number of aromatic nitrogens is 2. The summed E-state index contributed by atoms with van der Waals surface area (Å²) in [6.45, 7) is 6.98. The summed E-state index contributed by atoms with van der Waals surface area (Å²) < 4.78 is 0. The van der Waals surface area contributed by atoms with Crippen molar-refractivity contribution in [3.05, 3.63) is 71.0 Å². The molecule has 0 aliphatic rings. The number of hydrogen-bond acceptors (Lipinski definition) is 4. The number of hydrogen-bond donors (Lipinski definition) is 6. The average Bonchev–Trinajstić information content (AvgIpc) is 3.32. The molecule has 9 heteroatoms. The van der Waals surface area contributed by atoms with Gasteiger partial charge in [0.2, 0.25) is 17.7 Å². The summed E-state index contributed by atoms with van der Waals surface area (Å²) in [6, 6.07) is 13.6. The van der Waals surface area contributed by atoms with E-state index in [-0.39, 0.29) is 12.8 Å². The van der Waals surface area contributed by atoms with E-state index in [0.29, 0.717) is 0 Å². The quantitative estimate of drug-likeness (QED) is 0.207. The molecular weight excluding hydrogens is 468 g/mol. The fourth-order valence-corrected chi connectivity index (χ4v) is 4.65. The topological polar surface area (TPSA) is 159 Å². The van der Waals surface area contributed by atoms with Gasteiger partial charge in [-0.2, -0.15) is 0 Å². The molecule has 8 N–H and O–H groups in total. The van der Waals surface area contributed by atoms with Crippen molar-refractivity contribution < 1.29 is 14.4 Å². The Morgan fingerprint density at radius 2 is 1.27 bits per heavy atom. The minimum atomic E-state index is -1.20. The molecule has 0 spiro atoms. The van der Waals surface area contributed by atoms with Crippen LogP contribution in [-0.2, 0) is 27.2 Å². The van der Waals surface area contributed by atoms with E-state index in [1.807, 2.05) is 62.4 Å². The zero-order valence-corrected chi connectivity index (χ0v) is 21.6. The van der Waals surface area contributed by atoms with E-state index in [9.17, 15) is 14.4 Å². The molecule has 0 unspecified atom stereocenters. The average molecular weight is 503 g/mol. The van der Waals surface area contributed by atoms with Gasteiger partial charge in [-0.05, 0) is 51.0 Å². The first kappa shape index (κ1) is 26.0. The van der Waals surface area contributed by atoms with Gasteiger partial charge in [-0.3, -0.25) is 14.4 Å². The number of benzene rings is 2. The number of carbonyl (C=O) groups excluding carboxylic acids is 3. The number of rotatable bonds is 9. The Morgan fingerprint density at radius 3 is 1.73 bits per heavy atom. The first-order valence-electron chi connectivity index (χ1n) is 12.3. The fraction of sp³-hybridized carbons (Fsp3) is 0.321. The van der Waals surface area contributed by atoms with Gasteiger partial charge < -0.3 is 32.1 Å². The number of fused-ring (bicyclic) bond motifs is 2. The Labute approximate surface area is 215 Å². The predicted octanol–water partition coefficient (Wildman–Crippen LogP) is 2.24. The third kappa shape index (κ3) is 5.51. The summed E-state index contributed by atoms with van der Waals surface area (Å²) in [5.74, 6) is -1.65. The maximum atomic E-state index is 13.6. The number of amides is 3. The van der Waals surface area contributed by atoms with Crippen molar-refractivity contribution in [1.82, 2.24) is 20.6 Å². The molecule has 4 aromatic rings. The Morgan fingerprint density at radius 1 is 0.811 bits per heavy atom. The van der Waals surface area contributed by atoms with Crippen molar-refractivity contribution >= 4 is 39.5 Å². The number of nitrogens with one attached hydrogen (secondary N) is 4. The van der Waals surface area contributed by atoms with Gasteiger partial charge in [-0.15, -0.1) is 0 Å². The molecule has 4 rings (SSSR count). The number of H-pyrrole nitrogens is 2. The van der Waals surface area contributed by atoms with Crippen LogP contribution in [0.4, 0.5) is 0 Å². The van der Waals surface area contributed by atoms with Crippen LogP contribution in [0.1, 0.15) is 36.4 Å². The number of aryl methyl sites for hydroxylation is 2. The molecule has 2 heterocycles. The summed E-state index contributed by atoms with van der Waals surface area (Å²) in [4.78, 5) is 45.5. The van der Waals surface area contributed by atoms with Gasteiger partial charge in [0, 0.05) is 46.0 Å². The van der Waals surface area contributed by atoms with Crippen LogP contribution in [-0.4, -0.2) is 45.3 Å². The van der Waals surface area contributed by atoms with Crippen molar-refractivity contribution in [3.63, 3.8) is 0 Å². The molecule has 0 radical (unpaired) electrons. The third-order valence-electron chi connectivity index (χ3n) is 6.74. The van der Waals surface area contributed by atoms with Crippen molar-refractivity contribution in [1.29, 1.82) is 0 Å². The highest BCUT2D eigenvalue weighted by atomic mass is 16.2. The number of carbonyl (C=O) groups is 3. The summed E-state index contributed by atoms with van der Waals surface area (Å²) in [7, 11) is 0. The van der Waals surface area contributed by atoms with Gasteiger partial charge in [-0.25, -0.2) is 0 Å². The molecule has 37 heavy (non-hydrogen) atoms. The lowest BCUT2D eigenvalue weighted by Gasteiger charge is -2.26. The van der Waals surface area contributed by atoms with Crippen molar-refractivity contribution in [2.75, 3.05) is 0 Å². The molecular formula is C28H34N6O3. The smallest absolute Gasteiger partial charge is 0.243 e. The van der Waals surface area contributed by atoms with E-state index in [1.165, 1.54) is 0 Å². The zero-order valence-electron chi connectivity index (χ0n) is 21.6. The molecule has 0 bridgehead atoms. The Kier molecular flexibility index (Phi) is 7.09. The minimum absolute atomic E-state index is 0.209. The first-order chi connectivity index (χ1) is 17.5. The van der Waals surface area contributed by atoms with Crippen LogP contribution in [0, 0.1) is 13.8 Å². The van der Waals surface area contributed by atoms with E-state index >= 15 is 0 Å². The second-order valence-corrected chi connectivity index (χ2v) is 10.2. The summed E-state index contributed by atoms with van der Waals surface area (Å²) in [6.07, 6.45) is 0.424. The molecule has 0 saturated carbocycles.